The summed E-state index contributed by atoms with van der Waals surface area (Å²) in [6, 6.07) is 9.74. The first-order valence-corrected chi connectivity index (χ1v) is 9.05. The number of para-hydroxylation sites is 1. The Balaban J connectivity index is 1.44. The smallest absolute Gasteiger partial charge is 0.434 e. The minimum absolute atomic E-state index is 0.00577. The van der Waals surface area contributed by atoms with Gasteiger partial charge in [-0.2, -0.15) is 18.3 Å². The van der Waals surface area contributed by atoms with E-state index >= 15 is 0 Å². The summed E-state index contributed by atoms with van der Waals surface area (Å²) in [6.07, 6.45) is -4.18. The van der Waals surface area contributed by atoms with Gasteiger partial charge in [0.05, 0.1) is 18.3 Å². The Labute approximate surface area is 173 Å². The second kappa shape index (κ2) is 8.17. The normalized spacial score (nSPS) is 12.6. The molecule has 0 spiro atoms. The Morgan fingerprint density at radius 3 is 2.71 bits per heavy atom. The van der Waals surface area contributed by atoms with Gasteiger partial charge >= 0.3 is 6.18 Å². The maximum atomic E-state index is 14.0. The number of rotatable bonds is 6. The number of hydrogen-bond acceptors (Lipinski definition) is 5. The molecule has 1 amide bonds. The molecule has 1 aromatic heterocycles. The van der Waals surface area contributed by atoms with Crippen LogP contribution >= 0.6 is 0 Å². The summed E-state index contributed by atoms with van der Waals surface area (Å²) >= 11 is 0. The highest BCUT2D eigenvalue weighted by Crippen LogP contribution is 2.35. The van der Waals surface area contributed by atoms with Gasteiger partial charge in [-0.3, -0.25) is 4.79 Å². The van der Waals surface area contributed by atoms with E-state index in [0.717, 1.165) is 18.3 Å². The van der Waals surface area contributed by atoms with Gasteiger partial charge in [-0.1, -0.05) is 12.1 Å². The van der Waals surface area contributed by atoms with Crippen LogP contribution in [0.4, 0.5) is 17.6 Å². The number of carbonyl (C=O) groups excluding carboxylic acids is 1. The van der Waals surface area contributed by atoms with Gasteiger partial charge in [-0.05, 0) is 24.3 Å². The van der Waals surface area contributed by atoms with E-state index in [1.807, 2.05) is 0 Å². The molecular formula is C20H15F4N3O4. The Kier molecular flexibility index (Phi) is 5.40. The number of aromatic nitrogens is 2. The minimum atomic E-state index is -4.94. The van der Waals surface area contributed by atoms with Crippen molar-refractivity contribution in [3.63, 3.8) is 0 Å². The van der Waals surface area contributed by atoms with Crippen molar-refractivity contribution in [2.24, 2.45) is 0 Å². The third-order valence-corrected chi connectivity index (χ3v) is 4.36. The molecule has 0 aliphatic carbocycles. The van der Waals surface area contributed by atoms with Gasteiger partial charge in [0.25, 0.3) is 5.91 Å². The Morgan fingerprint density at radius 1 is 1.16 bits per heavy atom. The molecule has 3 aromatic rings. The fourth-order valence-corrected chi connectivity index (χ4v) is 2.99. The van der Waals surface area contributed by atoms with Crippen LogP contribution in [0.2, 0.25) is 0 Å². The number of hydrogen-bond donors (Lipinski definition) is 1. The zero-order valence-corrected chi connectivity index (χ0v) is 15.8. The van der Waals surface area contributed by atoms with Crippen molar-refractivity contribution in [2.45, 2.75) is 6.18 Å². The lowest BCUT2D eigenvalue weighted by atomic mass is 10.2. The number of alkyl halides is 3. The number of ether oxygens (including phenoxy) is 3. The van der Waals surface area contributed by atoms with E-state index in [9.17, 15) is 22.4 Å². The lowest BCUT2D eigenvalue weighted by molar-refractivity contribution is -0.143. The molecule has 2 heterocycles. The molecule has 2 aromatic carbocycles. The van der Waals surface area contributed by atoms with Crippen molar-refractivity contribution in [1.82, 2.24) is 15.1 Å². The predicted octanol–water partition coefficient (Wildman–Crippen LogP) is 3.57. The van der Waals surface area contributed by atoms with Crippen LogP contribution in [0.5, 0.6) is 17.2 Å². The summed E-state index contributed by atoms with van der Waals surface area (Å²) in [5, 5.41) is 5.93. The molecule has 31 heavy (non-hydrogen) atoms. The van der Waals surface area contributed by atoms with E-state index in [1.165, 1.54) is 12.1 Å². The fourth-order valence-electron chi connectivity index (χ4n) is 2.99. The van der Waals surface area contributed by atoms with Crippen LogP contribution < -0.4 is 19.5 Å². The van der Waals surface area contributed by atoms with Gasteiger partial charge in [-0.25, -0.2) is 9.07 Å². The summed E-state index contributed by atoms with van der Waals surface area (Å²) in [5.41, 5.74) is -2.51. The van der Waals surface area contributed by atoms with Crippen molar-refractivity contribution < 1.29 is 36.6 Å². The number of nitrogens with zero attached hydrogens (tertiary/aromatic N) is 2. The molecule has 0 saturated carbocycles. The Bertz CT molecular complexity index is 1110. The van der Waals surface area contributed by atoms with E-state index in [2.05, 4.69) is 10.4 Å². The Hall–Kier alpha value is -3.76. The van der Waals surface area contributed by atoms with Crippen LogP contribution in [0.1, 0.15) is 16.1 Å². The average molecular weight is 437 g/mol. The summed E-state index contributed by atoms with van der Waals surface area (Å²) in [4.78, 5) is 12.4. The van der Waals surface area contributed by atoms with Gasteiger partial charge in [0, 0.05) is 6.07 Å². The van der Waals surface area contributed by atoms with E-state index in [4.69, 9.17) is 14.2 Å². The lowest BCUT2D eigenvalue weighted by Crippen LogP contribution is -2.30. The zero-order chi connectivity index (χ0) is 22.0. The second-order valence-electron chi connectivity index (χ2n) is 6.39. The van der Waals surface area contributed by atoms with E-state index in [1.54, 1.807) is 18.2 Å². The summed E-state index contributed by atoms with van der Waals surface area (Å²) in [7, 11) is 0. The molecule has 11 heteroatoms. The van der Waals surface area contributed by atoms with Crippen LogP contribution in [0.15, 0.2) is 48.7 Å². The quantitative estimate of drug-likeness (QED) is 0.472. The number of halogens is 4. The van der Waals surface area contributed by atoms with Crippen LogP contribution in [0.25, 0.3) is 5.69 Å². The SMILES string of the molecule is O=C(NCCOc1ccc2c(c1)OCO2)c1cnn(-c2ccccc2F)c1C(F)(F)F. The standard InChI is InChI=1S/C20H15F4N3O4/c21-14-3-1-2-4-15(14)27-18(20(22,23)24)13(10-26-27)19(28)25-7-8-29-12-5-6-16-17(9-12)31-11-30-16/h1-6,9-10H,7-8,11H2,(H,25,28). The maximum Gasteiger partial charge on any atom is 0.434 e. The molecule has 0 atom stereocenters. The highest BCUT2D eigenvalue weighted by atomic mass is 19.4. The highest BCUT2D eigenvalue weighted by molar-refractivity contribution is 5.95. The summed E-state index contributed by atoms with van der Waals surface area (Å²) in [5.74, 6) is -0.379. The second-order valence-corrected chi connectivity index (χ2v) is 6.39. The third-order valence-electron chi connectivity index (χ3n) is 4.36. The fraction of sp³-hybridized carbons (Fsp3) is 0.200. The molecule has 0 unspecified atom stereocenters. The first-order valence-electron chi connectivity index (χ1n) is 9.05. The maximum absolute atomic E-state index is 14.0. The molecule has 0 bridgehead atoms. The van der Waals surface area contributed by atoms with Crippen LogP contribution in [-0.4, -0.2) is 35.6 Å². The van der Waals surface area contributed by atoms with Gasteiger partial charge in [-0.15, -0.1) is 0 Å². The predicted molar refractivity (Wildman–Crippen MR) is 98.9 cm³/mol. The minimum Gasteiger partial charge on any atom is -0.492 e. The number of amides is 1. The number of nitrogens with one attached hydrogen (secondary N) is 1. The molecule has 0 fully saturated rings. The molecule has 7 nitrogen and oxygen atoms in total. The lowest BCUT2D eigenvalue weighted by Gasteiger charge is -2.13. The van der Waals surface area contributed by atoms with Gasteiger partial charge < -0.3 is 19.5 Å². The zero-order valence-electron chi connectivity index (χ0n) is 15.8. The summed E-state index contributed by atoms with van der Waals surface area (Å²) < 4.78 is 71.1. The largest absolute Gasteiger partial charge is 0.492 e. The van der Waals surface area contributed by atoms with Crippen LogP contribution in [0, 0.1) is 5.82 Å². The molecule has 4 rings (SSSR count). The van der Waals surface area contributed by atoms with Crippen molar-refractivity contribution in [3.05, 3.63) is 65.7 Å². The monoisotopic (exact) mass is 437 g/mol. The summed E-state index contributed by atoms with van der Waals surface area (Å²) in [6.45, 7) is 0.0284. The Morgan fingerprint density at radius 2 is 1.94 bits per heavy atom. The topological polar surface area (TPSA) is 74.6 Å². The van der Waals surface area contributed by atoms with E-state index in [0.29, 0.717) is 21.9 Å². The van der Waals surface area contributed by atoms with Gasteiger partial charge in [0.15, 0.2) is 17.2 Å². The van der Waals surface area contributed by atoms with Gasteiger partial charge in [0.2, 0.25) is 6.79 Å². The first kappa shape index (κ1) is 20.5. The van der Waals surface area contributed by atoms with Crippen molar-refractivity contribution in [1.29, 1.82) is 0 Å². The van der Waals surface area contributed by atoms with E-state index < -0.39 is 34.8 Å². The molecule has 0 saturated heterocycles. The van der Waals surface area contributed by atoms with Crippen molar-refractivity contribution in [2.75, 3.05) is 19.9 Å². The van der Waals surface area contributed by atoms with Crippen molar-refractivity contribution >= 4 is 5.91 Å². The average Bonchev–Trinajstić information content (AvgIpc) is 3.38. The van der Waals surface area contributed by atoms with Crippen LogP contribution in [-0.2, 0) is 6.18 Å². The van der Waals surface area contributed by atoms with Crippen molar-refractivity contribution in [3.8, 4) is 22.9 Å². The molecule has 1 aliphatic rings. The van der Waals surface area contributed by atoms with E-state index in [-0.39, 0.29) is 19.9 Å². The molecular weight excluding hydrogens is 422 g/mol. The molecule has 1 aliphatic heterocycles. The highest BCUT2D eigenvalue weighted by Gasteiger charge is 2.41. The number of benzene rings is 2. The first-order chi connectivity index (χ1) is 14.8. The third kappa shape index (κ3) is 4.25. The number of fused-ring (bicyclic) bond motifs is 1. The molecule has 162 valence electrons. The number of carbonyl (C=O) groups is 1. The molecule has 0 radical (unpaired) electrons. The molecule has 1 N–H and O–H groups in total. The van der Waals surface area contributed by atoms with Gasteiger partial charge in [0.1, 0.15) is 23.9 Å². The van der Waals surface area contributed by atoms with Crippen LogP contribution in [0.3, 0.4) is 0 Å².